The van der Waals surface area contributed by atoms with Gasteiger partial charge in [-0.25, -0.2) is 4.39 Å². The SMILES string of the molecule is CC1CC(Nc2c(Cl)cc(F)cc2Br)CS1. The first-order chi connectivity index (χ1) is 7.56. The number of anilines is 1. The van der Waals surface area contributed by atoms with Crippen molar-refractivity contribution in [3.8, 4) is 0 Å². The maximum Gasteiger partial charge on any atom is 0.125 e. The second-order valence-corrected chi connectivity index (χ2v) is 6.70. The van der Waals surface area contributed by atoms with Crippen LogP contribution in [0, 0.1) is 5.82 Å². The molecule has 0 spiro atoms. The van der Waals surface area contributed by atoms with E-state index in [1.54, 1.807) is 0 Å². The minimum Gasteiger partial charge on any atom is -0.379 e. The van der Waals surface area contributed by atoms with Crippen molar-refractivity contribution in [2.75, 3.05) is 11.1 Å². The molecular formula is C11H12BrClFNS. The zero-order chi connectivity index (χ0) is 11.7. The monoisotopic (exact) mass is 323 g/mol. The summed E-state index contributed by atoms with van der Waals surface area (Å²) in [5, 5.41) is 4.47. The Morgan fingerprint density at radius 3 is 2.88 bits per heavy atom. The first kappa shape index (κ1) is 12.5. The lowest BCUT2D eigenvalue weighted by Gasteiger charge is -2.16. The van der Waals surface area contributed by atoms with E-state index in [-0.39, 0.29) is 5.82 Å². The summed E-state index contributed by atoms with van der Waals surface area (Å²) < 4.78 is 13.7. The number of hydrogen-bond acceptors (Lipinski definition) is 2. The van der Waals surface area contributed by atoms with Gasteiger partial charge < -0.3 is 5.32 Å². The van der Waals surface area contributed by atoms with E-state index in [9.17, 15) is 4.39 Å². The van der Waals surface area contributed by atoms with E-state index >= 15 is 0 Å². The van der Waals surface area contributed by atoms with Gasteiger partial charge in [0.05, 0.1) is 10.7 Å². The summed E-state index contributed by atoms with van der Waals surface area (Å²) in [5.74, 6) is 0.748. The third-order valence-electron chi connectivity index (χ3n) is 2.55. The van der Waals surface area contributed by atoms with Gasteiger partial charge in [0.15, 0.2) is 0 Å². The third-order valence-corrected chi connectivity index (χ3v) is 4.83. The topological polar surface area (TPSA) is 12.0 Å². The summed E-state index contributed by atoms with van der Waals surface area (Å²) in [6.45, 7) is 2.22. The van der Waals surface area contributed by atoms with Gasteiger partial charge in [-0.3, -0.25) is 0 Å². The number of halogens is 3. The van der Waals surface area contributed by atoms with Crippen LogP contribution in [0.25, 0.3) is 0 Å². The highest BCUT2D eigenvalue weighted by Gasteiger charge is 2.23. The molecule has 0 saturated carbocycles. The predicted molar refractivity (Wildman–Crippen MR) is 73.1 cm³/mol. The molecule has 2 atom stereocenters. The highest BCUT2D eigenvalue weighted by molar-refractivity contribution is 9.10. The maximum atomic E-state index is 13.0. The molecule has 1 N–H and O–H groups in total. The van der Waals surface area contributed by atoms with E-state index in [4.69, 9.17) is 11.6 Å². The Labute approximate surface area is 112 Å². The highest BCUT2D eigenvalue weighted by atomic mass is 79.9. The molecular weight excluding hydrogens is 313 g/mol. The molecule has 1 aliphatic rings. The zero-order valence-corrected chi connectivity index (χ0v) is 11.9. The largest absolute Gasteiger partial charge is 0.379 e. The van der Waals surface area contributed by atoms with Crippen molar-refractivity contribution in [2.24, 2.45) is 0 Å². The van der Waals surface area contributed by atoms with Gasteiger partial charge in [-0.05, 0) is 34.5 Å². The molecule has 0 radical (unpaired) electrons. The molecule has 2 unspecified atom stereocenters. The van der Waals surface area contributed by atoms with Crippen LogP contribution in [0.15, 0.2) is 16.6 Å². The van der Waals surface area contributed by atoms with E-state index in [1.165, 1.54) is 12.1 Å². The summed E-state index contributed by atoms with van der Waals surface area (Å²) in [5.41, 5.74) is 0.794. The van der Waals surface area contributed by atoms with Crippen LogP contribution in [0.3, 0.4) is 0 Å². The fourth-order valence-corrected chi connectivity index (χ4v) is 3.87. The summed E-state index contributed by atoms with van der Waals surface area (Å²) in [7, 11) is 0. The first-order valence-corrected chi connectivity index (χ1v) is 7.31. The summed E-state index contributed by atoms with van der Waals surface area (Å²) in [4.78, 5) is 0. The molecule has 0 aromatic heterocycles. The zero-order valence-electron chi connectivity index (χ0n) is 8.77. The number of nitrogens with one attached hydrogen (secondary N) is 1. The fourth-order valence-electron chi connectivity index (χ4n) is 1.80. The van der Waals surface area contributed by atoms with Crippen molar-refractivity contribution in [2.45, 2.75) is 24.6 Å². The van der Waals surface area contributed by atoms with Gasteiger partial charge in [0.2, 0.25) is 0 Å². The summed E-state index contributed by atoms with van der Waals surface area (Å²) in [6, 6.07) is 3.18. The average molecular weight is 325 g/mol. The van der Waals surface area contributed by atoms with E-state index in [0.717, 1.165) is 17.9 Å². The van der Waals surface area contributed by atoms with Crippen LogP contribution in [0.1, 0.15) is 13.3 Å². The number of rotatable bonds is 2. The van der Waals surface area contributed by atoms with Crippen LogP contribution in [-0.2, 0) is 0 Å². The Morgan fingerprint density at radius 2 is 2.31 bits per heavy atom. The molecule has 1 aromatic carbocycles. The van der Waals surface area contributed by atoms with Crippen LogP contribution < -0.4 is 5.32 Å². The fraction of sp³-hybridized carbons (Fsp3) is 0.455. The molecule has 1 saturated heterocycles. The molecule has 2 rings (SSSR count). The lowest BCUT2D eigenvalue weighted by atomic mass is 10.2. The van der Waals surface area contributed by atoms with Gasteiger partial charge in [-0.15, -0.1) is 0 Å². The summed E-state index contributed by atoms with van der Waals surface area (Å²) in [6.07, 6.45) is 1.12. The molecule has 0 amide bonds. The number of thioether (sulfide) groups is 1. The van der Waals surface area contributed by atoms with Crippen molar-refractivity contribution < 1.29 is 4.39 Å². The van der Waals surface area contributed by atoms with Gasteiger partial charge in [0, 0.05) is 21.5 Å². The van der Waals surface area contributed by atoms with Crippen LogP contribution >= 0.6 is 39.3 Å². The third kappa shape index (κ3) is 2.84. The van der Waals surface area contributed by atoms with Crippen molar-refractivity contribution in [3.05, 3.63) is 27.4 Å². The van der Waals surface area contributed by atoms with E-state index < -0.39 is 0 Å². The lowest BCUT2D eigenvalue weighted by Crippen LogP contribution is -2.19. The van der Waals surface area contributed by atoms with E-state index in [0.29, 0.717) is 20.8 Å². The smallest absolute Gasteiger partial charge is 0.125 e. The Bertz CT molecular complexity index is 379. The molecule has 16 heavy (non-hydrogen) atoms. The van der Waals surface area contributed by atoms with Gasteiger partial charge in [-0.1, -0.05) is 18.5 Å². The molecule has 1 nitrogen and oxygen atoms in total. The van der Waals surface area contributed by atoms with E-state index in [2.05, 4.69) is 28.2 Å². The van der Waals surface area contributed by atoms with Crippen LogP contribution in [-0.4, -0.2) is 17.0 Å². The first-order valence-electron chi connectivity index (χ1n) is 5.09. The highest BCUT2D eigenvalue weighted by Crippen LogP contribution is 2.35. The molecule has 0 bridgehead atoms. The minimum atomic E-state index is -0.323. The van der Waals surface area contributed by atoms with Gasteiger partial charge in [0.25, 0.3) is 0 Å². The van der Waals surface area contributed by atoms with Gasteiger partial charge in [0.1, 0.15) is 5.82 Å². The van der Waals surface area contributed by atoms with Crippen LogP contribution in [0.4, 0.5) is 10.1 Å². The normalized spacial score (nSPS) is 24.8. The average Bonchev–Trinajstić information content (AvgIpc) is 2.58. The Morgan fingerprint density at radius 1 is 1.56 bits per heavy atom. The Hall–Kier alpha value is 0.0700. The summed E-state index contributed by atoms with van der Waals surface area (Å²) >= 11 is 11.3. The second kappa shape index (κ2) is 5.15. The van der Waals surface area contributed by atoms with Crippen molar-refractivity contribution in [3.63, 3.8) is 0 Å². The molecule has 5 heteroatoms. The predicted octanol–water partition coefficient (Wildman–Crippen LogP) is 4.55. The lowest BCUT2D eigenvalue weighted by molar-refractivity contribution is 0.627. The molecule has 0 aliphatic carbocycles. The standard InChI is InChI=1S/C11H12BrClFNS/c1-6-2-8(5-16-6)15-11-9(12)3-7(14)4-10(11)13/h3-4,6,8,15H,2,5H2,1H3. The minimum absolute atomic E-state index is 0.323. The Balaban J connectivity index is 2.15. The molecule has 1 aromatic rings. The van der Waals surface area contributed by atoms with Crippen molar-refractivity contribution in [1.82, 2.24) is 0 Å². The van der Waals surface area contributed by atoms with Crippen molar-refractivity contribution >= 4 is 45.0 Å². The van der Waals surface area contributed by atoms with Gasteiger partial charge >= 0.3 is 0 Å². The van der Waals surface area contributed by atoms with Crippen LogP contribution in [0.5, 0.6) is 0 Å². The molecule has 1 fully saturated rings. The maximum absolute atomic E-state index is 13.0. The number of benzene rings is 1. The molecule has 1 aliphatic heterocycles. The number of hydrogen-bond donors (Lipinski definition) is 1. The quantitative estimate of drug-likeness (QED) is 0.856. The van der Waals surface area contributed by atoms with Crippen LogP contribution in [0.2, 0.25) is 5.02 Å². The van der Waals surface area contributed by atoms with Gasteiger partial charge in [-0.2, -0.15) is 11.8 Å². The second-order valence-electron chi connectivity index (χ2n) is 3.97. The van der Waals surface area contributed by atoms with Crippen molar-refractivity contribution in [1.29, 1.82) is 0 Å². The Kier molecular flexibility index (Phi) is 4.03. The van der Waals surface area contributed by atoms with E-state index in [1.807, 2.05) is 11.8 Å². The molecule has 88 valence electrons. The molecule has 1 heterocycles.